The van der Waals surface area contributed by atoms with E-state index in [1.54, 1.807) is 27.9 Å². The summed E-state index contributed by atoms with van der Waals surface area (Å²) in [7, 11) is 0. The fraction of sp³-hybridized carbons (Fsp3) is 0.158. The van der Waals surface area contributed by atoms with Gasteiger partial charge in [-0.25, -0.2) is 4.68 Å². The average molecular weight is 321 g/mol. The van der Waals surface area contributed by atoms with Crippen LogP contribution in [0.15, 0.2) is 73.1 Å². The number of nitrogens with zero attached hydrogens (tertiary/aromatic N) is 3. The van der Waals surface area contributed by atoms with E-state index in [2.05, 4.69) is 5.10 Å². The Morgan fingerprint density at radius 2 is 1.79 bits per heavy atom. The van der Waals surface area contributed by atoms with Crippen LogP contribution in [0.25, 0.3) is 5.69 Å². The van der Waals surface area contributed by atoms with Gasteiger partial charge in [0, 0.05) is 31.0 Å². The Balaban J connectivity index is 1.77. The fourth-order valence-corrected chi connectivity index (χ4v) is 2.54. The molecule has 3 rings (SSSR count). The summed E-state index contributed by atoms with van der Waals surface area (Å²) in [5.74, 6) is -0.0973. The molecular weight excluding hydrogens is 302 g/mol. The second-order valence-corrected chi connectivity index (χ2v) is 5.43. The molecule has 2 aromatic carbocycles. The van der Waals surface area contributed by atoms with Crippen molar-refractivity contribution in [1.82, 2.24) is 14.7 Å². The summed E-state index contributed by atoms with van der Waals surface area (Å²) in [6.07, 6.45) is 3.56. The molecule has 0 bridgehead atoms. The number of hydrogen-bond donors (Lipinski definition) is 1. The van der Waals surface area contributed by atoms with Crippen molar-refractivity contribution in [1.29, 1.82) is 0 Å². The van der Waals surface area contributed by atoms with Gasteiger partial charge >= 0.3 is 0 Å². The molecule has 3 aromatic rings. The highest BCUT2D eigenvalue weighted by molar-refractivity contribution is 5.94. The molecule has 0 aliphatic heterocycles. The lowest BCUT2D eigenvalue weighted by Gasteiger charge is -2.22. The van der Waals surface area contributed by atoms with E-state index in [0.717, 1.165) is 11.3 Å². The smallest absolute Gasteiger partial charge is 0.254 e. The quantitative estimate of drug-likeness (QED) is 0.759. The van der Waals surface area contributed by atoms with E-state index in [-0.39, 0.29) is 12.5 Å². The van der Waals surface area contributed by atoms with Gasteiger partial charge < -0.3 is 10.0 Å². The van der Waals surface area contributed by atoms with Gasteiger partial charge in [-0.15, -0.1) is 0 Å². The van der Waals surface area contributed by atoms with E-state index in [0.29, 0.717) is 18.7 Å². The molecule has 0 saturated carbocycles. The molecule has 0 unspecified atom stereocenters. The number of benzene rings is 2. The van der Waals surface area contributed by atoms with Crippen molar-refractivity contribution < 1.29 is 9.90 Å². The Labute approximate surface area is 140 Å². The minimum Gasteiger partial charge on any atom is -0.395 e. The maximum Gasteiger partial charge on any atom is 0.254 e. The first-order chi connectivity index (χ1) is 11.8. The number of rotatable bonds is 6. The lowest BCUT2D eigenvalue weighted by Crippen LogP contribution is -2.33. The van der Waals surface area contributed by atoms with Crippen LogP contribution in [0.1, 0.15) is 15.9 Å². The fourth-order valence-electron chi connectivity index (χ4n) is 2.54. The number of carbonyl (C=O) groups is 1. The molecule has 0 saturated heterocycles. The molecule has 24 heavy (non-hydrogen) atoms. The topological polar surface area (TPSA) is 58.4 Å². The van der Waals surface area contributed by atoms with Crippen molar-refractivity contribution in [2.24, 2.45) is 0 Å². The zero-order valence-electron chi connectivity index (χ0n) is 13.2. The molecule has 0 fully saturated rings. The van der Waals surface area contributed by atoms with Gasteiger partial charge in [0.2, 0.25) is 0 Å². The van der Waals surface area contributed by atoms with Crippen LogP contribution in [0.3, 0.4) is 0 Å². The van der Waals surface area contributed by atoms with Crippen LogP contribution >= 0.6 is 0 Å². The van der Waals surface area contributed by atoms with Crippen LogP contribution in [0, 0.1) is 0 Å². The highest BCUT2D eigenvalue weighted by Crippen LogP contribution is 2.13. The van der Waals surface area contributed by atoms with Crippen LogP contribution in [-0.4, -0.2) is 38.8 Å². The van der Waals surface area contributed by atoms with E-state index in [1.165, 1.54) is 0 Å². The van der Waals surface area contributed by atoms with Crippen LogP contribution in [-0.2, 0) is 6.54 Å². The molecule has 5 heteroatoms. The Morgan fingerprint density at radius 3 is 2.42 bits per heavy atom. The van der Waals surface area contributed by atoms with Gasteiger partial charge in [0.25, 0.3) is 5.91 Å². The molecule has 0 aliphatic rings. The van der Waals surface area contributed by atoms with Crippen molar-refractivity contribution in [3.05, 3.63) is 84.2 Å². The van der Waals surface area contributed by atoms with Crippen LogP contribution in [0.5, 0.6) is 0 Å². The van der Waals surface area contributed by atoms with Crippen molar-refractivity contribution in [3.8, 4) is 5.69 Å². The zero-order chi connectivity index (χ0) is 16.8. The third-order valence-electron chi connectivity index (χ3n) is 3.76. The molecule has 5 nitrogen and oxygen atoms in total. The summed E-state index contributed by atoms with van der Waals surface area (Å²) in [5.41, 5.74) is 2.52. The van der Waals surface area contributed by atoms with Crippen LogP contribution in [0.2, 0.25) is 0 Å². The summed E-state index contributed by atoms with van der Waals surface area (Å²) in [5, 5.41) is 13.4. The lowest BCUT2D eigenvalue weighted by molar-refractivity contribution is 0.0708. The lowest BCUT2D eigenvalue weighted by atomic mass is 10.1. The predicted molar refractivity (Wildman–Crippen MR) is 91.8 cm³/mol. The van der Waals surface area contributed by atoms with Gasteiger partial charge in [0.15, 0.2) is 0 Å². The van der Waals surface area contributed by atoms with E-state index in [1.807, 2.05) is 54.7 Å². The zero-order valence-corrected chi connectivity index (χ0v) is 13.2. The molecule has 0 radical (unpaired) electrons. The van der Waals surface area contributed by atoms with Crippen molar-refractivity contribution >= 4 is 5.91 Å². The van der Waals surface area contributed by atoms with Gasteiger partial charge in [-0.3, -0.25) is 4.79 Å². The monoisotopic (exact) mass is 321 g/mol. The molecule has 122 valence electrons. The van der Waals surface area contributed by atoms with Crippen LogP contribution < -0.4 is 0 Å². The molecule has 1 amide bonds. The van der Waals surface area contributed by atoms with E-state index < -0.39 is 0 Å². The average Bonchev–Trinajstić information content (AvgIpc) is 3.16. The Kier molecular flexibility index (Phi) is 5.03. The van der Waals surface area contributed by atoms with Crippen molar-refractivity contribution in [2.45, 2.75) is 6.54 Å². The van der Waals surface area contributed by atoms with E-state index in [4.69, 9.17) is 0 Å². The SMILES string of the molecule is O=C(c1ccc(-n2cccn2)cc1)N(CCO)Cc1ccccc1. The Bertz CT molecular complexity index is 768. The molecule has 0 atom stereocenters. The standard InChI is InChI=1S/C19H19N3O2/c23-14-13-21(15-16-5-2-1-3-6-16)19(24)17-7-9-18(10-8-17)22-12-4-11-20-22/h1-12,23H,13-15H2. The normalized spacial score (nSPS) is 10.5. The molecule has 1 heterocycles. The summed E-state index contributed by atoms with van der Waals surface area (Å²) in [6, 6.07) is 18.9. The van der Waals surface area contributed by atoms with E-state index in [9.17, 15) is 9.90 Å². The first kappa shape index (κ1) is 16.0. The predicted octanol–water partition coefficient (Wildman–Crippen LogP) is 2.51. The molecule has 1 aromatic heterocycles. The van der Waals surface area contributed by atoms with Gasteiger partial charge in [0.05, 0.1) is 12.3 Å². The van der Waals surface area contributed by atoms with Gasteiger partial charge in [0.1, 0.15) is 0 Å². The first-order valence-electron chi connectivity index (χ1n) is 7.82. The molecule has 1 N–H and O–H groups in total. The van der Waals surface area contributed by atoms with Crippen molar-refractivity contribution in [2.75, 3.05) is 13.2 Å². The first-order valence-corrected chi connectivity index (χ1v) is 7.82. The molecule has 0 aliphatic carbocycles. The summed E-state index contributed by atoms with van der Waals surface area (Å²) in [6.45, 7) is 0.708. The maximum absolute atomic E-state index is 12.7. The number of hydrogen-bond acceptors (Lipinski definition) is 3. The maximum atomic E-state index is 12.7. The van der Waals surface area contributed by atoms with Gasteiger partial charge in [-0.1, -0.05) is 30.3 Å². The van der Waals surface area contributed by atoms with Gasteiger partial charge in [-0.05, 0) is 35.9 Å². The van der Waals surface area contributed by atoms with Gasteiger partial charge in [-0.2, -0.15) is 5.10 Å². The molecule has 0 spiro atoms. The number of carbonyl (C=O) groups excluding carboxylic acids is 1. The highest BCUT2D eigenvalue weighted by Gasteiger charge is 2.15. The van der Waals surface area contributed by atoms with E-state index >= 15 is 0 Å². The number of aliphatic hydroxyl groups excluding tert-OH is 1. The second-order valence-electron chi connectivity index (χ2n) is 5.43. The summed E-state index contributed by atoms with van der Waals surface area (Å²) >= 11 is 0. The minimum absolute atomic E-state index is 0.0655. The second kappa shape index (κ2) is 7.57. The molecular formula is C19H19N3O2. The largest absolute Gasteiger partial charge is 0.395 e. The third kappa shape index (κ3) is 3.70. The summed E-state index contributed by atoms with van der Waals surface area (Å²) in [4.78, 5) is 14.4. The third-order valence-corrected chi connectivity index (χ3v) is 3.76. The minimum atomic E-state index is -0.0973. The Morgan fingerprint density at radius 1 is 1.04 bits per heavy atom. The van der Waals surface area contributed by atoms with Crippen LogP contribution in [0.4, 0.5) is 0 Å². The number of aromatic nitrogens is 2. The van der Waals surface area contributed by atoms with Crippen molar-refractivity contribution in [3.63, 3.8) is 0 Å². The number of amides is 1. The number of aliphatic hydroxyl groups is 1. The summed E-state index contributed by atoms with van der Waals surface area (Å²) < 4.78 is 1.74. The Hall–Kier alpha value is -2.92. The highest BCUT2D eigenvalue weighted by atomic mass is 16.3.